The zero-order valence-electron chi connectivity index (χ0n) is 24.4. The SMILES string of the molecule is c1ccc(-c2c(-c3cc4ccc5cccc6ccc(c3)c4c56)nn3c(-c4ccc5ccccc5c4)cc4ccccc4c23)cc1. The monoisotopic (exact) mass is 570 g/mol. The van der Waals surface area contributed by atoms with Crippen LogP contribution in [0.25, 0.3) is 93.0 Å². The van der Waals surface area contributed by atoms with Gasteiger partial charge < -0.3 is 0 Å². The fourth-order valence-corrected chi connectivity index (χ4v) is 7.41. The Hall–Kier alpha value is -5.99. The molecule has 0 aliphatic heterocycles. The highest BCUT2D eigenvalue weighted by atomic mass is 15.2. The molecule has 0 saturated carbocycles. The van der Waals surface area contributed by atoms with Crippen molar-refractivity contribution in [3.63, 3.8) is 0 Å². The number of hydrogen-bond donors (Lipinski definition) is 0. The molecule has 2 heterocycles. The molecule has 45 heavy (non-hydrogen) atoms. The first kappa shape index (κ1) is 24.5. The van der Waals surface area contributed by atoms with Gasteiger partial charge in [0.05, 0.1) is 11.2 Å². The molecule has 0 fully saturated rings. The van der Waals surface area contributed by atoms with Crippen LogP contribution in [0.3, 0.4) is 0 Å². The van der Waals surface area contributed by atoms with Crippen molar-refractivity contribution >= 4 is 59.4 Å². The quantitative estimate of drug-likeness (QED) is 0.193. The molecule has 0 bridgehead atoms. The summed E-state index contributed by atoms with van der Waals surface area (Å²) >= 11 is 0. The van der Waals surface area contributed by atoms with Crippen LogP contribution in [0.4, 0.5) is 0 Å². The Balaban J connectivity index is 1.34. The lowest BCUT2D eigenvalue weighted by atomic mass is 9.91. The topological polar surface area (TPSA) is 17.3 Å². The second kappa shape index (κ2) is 9.25. The molecule has 0 N–H and O–H groups in total. The van der Waals surface area contributed by atoms with Gasteiger partial charge >= 0.3 is 0 Å². The maximum Gasteiger partial charge on any atom is 0.101 e. The fourth-order valence-electron chi connectivity index (χ4n) is 7.41. The third-order valence-electron chi connectivity index (χ3n) is 9.47. The smallest absolute Gasteiger partial charge is 0.101 e. The van der Waals surface area contributed by atoms with E-state index in [9.17, 15) is 0 Å². The van der Waals surface area contributed by atoms with Crippen LogP contribution in [0.1, 0.15) is 0 Å². The van der Waals surface area contributed by atoms with Gasteiger partial charge in [-0.05, 0) is 78.3 Å². The predicted octanol–water partition coefficient (Wildman–Crippen LogP) is 11.5. The summed E-state index contributed by atoms with van der Waals surface area (Å²) in [5, 5.41) is 18.1. The Morgan fingerprint density at radius 2 is 0.956 bits per heavy atom. The maximum atomic E-state index is 5.52. The standard InChI is InChI=1S/C43H26N2/c1-2-10-28(11-3-1)41-42(36-24-34-21-18-29-14-8-15-30-19-22-35(25-36)40(34)39(29)30)44-45-38(26-32-13-6-7-16-37(32)43(41)45)33-20-17-27-9-4-5-12-31(27)23-33/h1-26H. The summed E-state index contributed by atoms with van der Waals surface area (Å²) in [6.45, 7) is 0. The van der Waals surface area contributed by atoms with Gasteiger partial charge in [-0.15, -0.1) is 0 Å². The van der Waals surface area contributed by atoms with Crippen LogP contribution in [-0.4, -0.2) is 9.61 Å². The molecule has 0 aliphatic carbocycles. The van der Waals surface area contributed by atoms with Crippen molar-refractivity contribution in [2.24, 2.45) is 0 Å². The number of benzene rings is 8. The van der Waals surface area contributed by atoms with Crippen LogP contribution < -0.4 is 0 Å². The minimum absolute atomic E-state index is 0.991. The second-order valence-corrected chi connectivity index (χ2v) is 12.0. The van der Waals surface area contributed by atoms with Gasteiger partial charge in [-0.3, -0.25) is 0 Å². The summed E-state index contributed by atoms with van der Waals surface area (Å²) in [5.74, 6) is 0. The van der Waals surface area contributed by atoms with E-state index in [0.29, 0.717) is 0 Å². The Kier molecular flexibility index (Phi) is 5.03. The van der Waals surface area contributed by atoms with Crippen LogP contribution in [0, 0.1) is 0 Å². The molecule has 2 nitrogen and oxygen atoms in total. The van der Waals surface area contributed by atoms with Crippen LogP contribution in [-0.2, 0) is 0 Å². The highest BCUT2D eigenvalue weighted by Gasteiger charge is 2.22. The van der Waals surface area contributed by atoms with Crippen LogP contribution in [0.15, 0.2) is 158 Å². The van der Waals surface area contributed by atoms with Crippen molar-refractivity contribution in [2.45, 2.75) is 0 Å². The Morgan fingerprint density at radius 3 is 1.73 bits per heavy atom. The average Bonchev–Trinajstić information content (AvgIpc) is 3.51. The lowest BCUT2D eigenvalue weighted by Gasteiger charge is -2.13. The Bertz CT molecular complexity index is 2690. The number of hydrogen-bond acceptors (Lipinski definition) is 1. The van der Waals surface area contributed by atoms with Gasteiger partial charge in [-0.25, -0.2) is 4.52 Å². The zero-order chi connectivity index (χ0) is 29.5. The molecule has 0 radical (unpaired) electrons. The normalized spacial score (nSPS) is 12.0. The molecule has 2 heteroatoms. The van der Waals surface area contributed by atoms with E-state index in [1.54, 1.807) is 0 Å². The van der Waals surface area contributed by atoms with E-state index in [1.165, 1.54) is 53.9 Å². The zero-order valence-corrected chi connectivity index (χ0v) is 24.4. The van der Waals surface area contributed by atoms with Gasteiger partial charge in [0.1, 0.15) is 5.69 Å². The number of nitrogens with zero attached hydrogens (tertiary/aromatic N) is 2. The summed E-state index contributed by atoms with van der Waals surface area (Å²) in [6.07, 6.45) is 0. The molecule has 0 saturated heterocycles. The van der Waals surface area contributed by atoms with E-state index in [2.05, 4.69) is 162 Å². The number of fused-ring (bicyclic) bond motifs is 4. The van der Waals surface area contributed by atoms with E-state index < -0.39 is 0 Å². The first-order valence-corrected chi connectivity index (χ1v) is 15.5. The summed E-state index contributed by atoms with van der Waals surface area (Å²) in [5.41, 5.74) is 7.78. The lowest BCUT2D eigenvalue weighted by molar-refractivity contribution is 0.980. The molecule has 0 atom stereocenters. The summed E-state index contributed by atoms with van der Waals surface area (Å²) in [7, 11) is 0. The first-order chi connectivity index (χ1) is 22.3. The molecule has 2 aromatic heterocycles. The van der Waals surface area contributed by atoms with Crippen molar-refractivity contribution in [1.29, 1.82) is 0 Å². The molecule has 0 spiro atoms. The van der Waals surface area contributed by atoms with Gasteiger partial charge in [-0.1, -0.05) is 133 Å². The van der Waals surface area contributed by atoms with Crippen molar-refractivity contribution in [3.8, 4) is 33.6 Å². The van der Waals surface area contributed by atoms with Gasteiger partial charge in [0, 0.05) is 22.1 Å². The highest BCUT2D eigenvalue weighted by molar-refractivity contribution is 6.24. The lowest BCUT2D eigenvalue weighted by Crippen LogP contribution is -1.96. The van der Waals surface area contributed by atoms with Crippen LogP contribution in [0.2, 0.25) is 0 Å². The van der Waals surface area contributed by atoms with Crippen LogP contribution >= 0.6 is 0 Å². The largest absolute Gasteiger partial charge is 0.231 e. The van der Waals surface area contributed by atoms with Gasteiger partial charge in [0.2, 0.25) is 0 Å². The van der Waals surface area contributed by atoms with E-state index in [1.807, 2.05) is 0 Å². The number of pyridine rings is 1. The average molecular weight is 571 g/mol. The third kappa shape index (κ3) is 3.60. The molecule has 10 rings (SSSR count). The molecule has 0 unspecified atom stereocenters. The molecule has 10 aromatic rings. The summed E-state index contributed by atoms with van der Waals surface area (Å²) in [6, 6.07) is 57.3. The first-order valence-electron chi connectivity index (χ1n) is 15.5. The second-order valence-electron chi connectivity index (χ2n) is 12.0. The van der Waals surface area contributed by atoms with Crippen molar-refractivity contribution in [1.82, 2.24) is 9.61 Å². The minimum atomic E-state index is 0.991. The Morgan fingerprint density at radius 1 is 0.378 bits per heavy atom. The third-order valence-corrected chi connectivity index (χ3v) is 9.47. The van der Waals surface area contributed by atoms with Gasteiger partial charge in [-0.2, -0.15) is 5.10 Å². The van der Waals surface area contributed by atoms with Crippen molar-refractivity contribution < 1.29 is 0 Å². The van der Waals surface area contributed by atoms with Gasteiger partial charge in [0.25, 0.3) is 0 Å². The fraction of sp³-hybridized carbons (Fsp3) is 0. The maximum absolute atomic E-state index is 5.52. The van der Waals surface area contributed by atoms with Crippen LogP contribution in [0.5, 0.6) is 0 Å². The van der Waals surface area contributed by atoms with E-state index in [0.717, 1.165) is 39.2 Å². The molecular weight excluding hydrogens is 544 g/mol. The van der Waals surface area contributed by atoms with E-state index in [4.69, 9.17) is 5.10 Å². The highest BCUT2D eigenvalue weighted by Crippen LogP contribution is 2.43. The molecular formula is C43H26N2. The predicted molar refractivity (Wildman–Crippen MR) is 190 cm³/mol. The summed E-state index contributed by atoms with van der Waals surface area (Å²) in [4.78, 5) is 0. The summed E-state index contributed by atoms with van der Waals surface area (Å²) < 4.78 is 2.19. The minimum Gasteiger partial charge on any atom is -0.231 e. The van der Waals surface area contributed by atoms with E-state index >= 15 is 0 Å². The number of rotatable bonds is 3. The molecule has 0 aliphatic rings. The van der Waals surface area contributed by atoms with Crippen molar-refractivity contribution in [3.05, 3.63) is 158 Å². The number of aromatic nitrogens is 2. The molecule has 208 valence electrons. The Labute approximate surface area is 259 Å². The molecule has 0 amide bonds. The van der Waals surface area contributed by atoms with Crippen molar-refractivity contribution in [2.75, 3.05) is 0 Å². The molecule has 8 aromatic carbocycles. The van der Waals surface area contributed by atoms with E-state index in [-0.39, 0.29) is 0 Å². The van der Waals surface area contributed by atoms with Gasteiger partial charge in [0.15, 0.2) is 0 Å².